The first kappa shape index (κ1) is 11.9. The highest BCUT2D eigenvalue weighted by atomic mass is 19.1. The summed E-state index contributed by atoms with van der Waals surface area (Å²) in [5, 5.41) is 18.0. The van der Waals surface area contributed by atoms with Crippen LogP contribution >= 0.6 is 0 Å². The van der Waals surface area contributed by atoms with Crippen LogP contribution in [0.4, 0.5) is 4.39 Å². The van der Waals surface area contributed by atoms with E-state index in [1.807, 2.05) is 0 Å². The van der Waals surface area contributed by atoms with Crippen molar-refractivity contribution in [3.05, 3.63) is 29.6 Å². The molecule has 0 radical (unpaired) electrons. The number of hydrogen-bond donors (Lipinski definition) is 2. The zero-order valence-corrected chi connectivity index (χ0v) is 8.61. The highest BCUT2D eigenvalue weighted by Crippen LogP contribution is 2.25. The summed E-state index contributed by atoms with van der Waals surface area (Å²) in [6.45, 7) is 1.95. The number of hydrogen-bond acceptors (Lipinski definition) is 3. The molecule has 0 aliphatic rings. The molecule has 0 spiro atoms. The maximum atomic E-state index is 12.9. The van der Waals surface area contributed by atoms with Crippen LogP contribution in [-0.4, -0.2) is 23.4 Å². The molecule has 0 heterocycles. The predicted octanol–water partition coefficient (Wildman–Crippen LogP) is 1.64. The third-order valence-electron chi connectivity index (χ3n) is 1.98. The molecule has 4 heteroatoms. The molecule has 15 heavy (non-hydrogen) atoms. The van der Waals surface area contributed by atoms with E-state index < -0.39 is 11.9 Å². The quantitative estimate of drug-likeness (QED) is 0.732. The second-order valence-corrected chi connectivity index (χ2v) is 3.28. The van der Waals surface area contributed by atoms with Gasteiger partial charge in [0.15, 0.2) is 0 Å². The molecule has 84 valence electrons. The number of ether oxygens (including phenoxy) is 1. The molecule has 0 bridgehead atoms. The Morgan fingerprint density at radius 1 is 1.47 bits per heavy atom. The Morgan fingerprint density at radius 2 is 2.20 bits per heavy atom. The zero-order chi connectivity index (χ0) is 11.3. The minimum Gasteiger partial charge on any atom is -0.493 e. The van der Waals surface area contributed by atoms with E-state index in [4.69, 9.17) is 9.84 Å². The van der Waals surface area contributed by atoms with Crippen molar-refractivity contribution >= 4 is 0 Å². The largest absolute Gasteiger partial charge is 0.493 e. The average Bonchev–Trinajstić information content (AvgIpc) is 2.20. The highest BCUT2D eigenvalue weighted by Gasteiger charge is 2.10. The van der Waals surface area contributed by atoms with E-state index in [1.54, 1.807) is 6.92 Å². The van der Waals surface area contributed by atoms with Crippen LogP contribution in [0.15, 0.2) is 18.2 Å². The minimum absolute atomic E-state index is 0.0468. The fraction of sp³-hybridized carbons (Fsp3) is 0.455. The summed E-state index contributed by atoms with van der Waals surface area (Å²) in [4.78, 5) is 0. The monoisotopic (exact) mass is 214 g/mol. The van der Waals surface area contributed by atoms with Crippen LogP contribution < -0.4 is 4.74 Å². The second-order valence-electron chi connectivity index (χ2n) is 3.28. The van der Waals surface area contributed by atoms with Crippen LogP contribution in [0.2, 0.25) is 0 Å². The third kappa shape index (κ3) is 3.49. The van der Waals surface area contributed by atoms with Crippen molar-refractivity contribution in [2.24, 2.45) is 0 Å². The number of halogens is 1. The smallest absolute Gasteiger partial charge is 0.125 e. The molecule has 0 aliphatic heterocycles. The molecule has 1 aromatic carbocycles. The molecule has 0 saturated carbocycles. The molecular weight excluding hydrogens is 199 g/mol. The van der Waals surface area contributed by atoms with Gasteiger partial charge in [0, 0.05) is 18.6 Å². The Labute approximate surface area is 88.1 Å². The van der Waals surface area contributed by atoms with Gasteiger partial charge in [0.2, 0.25) is 0 Å². The van der Waals surface area contributed by atoms with Crippen molar-refractivity contribution in [2.45, 2.75) is 19.4 Å². The molecule has 0 amide bonds. The van der Waals surface area contributed by atoms with E-state index in [-0.39, 0.29) is 6.61 Å². The normalized spacial score (nSPS) is 12.5. The zero-order valence-electron chi connectivity index (χ0n) is 8.61. The Bertz CT molecular complexity index is 313. The minimum atomic E-state index is -0.773. The van der Waals surface area contributed by atoms with Gasteiger partial charge in [-0.05, 0) is 25.1 Å². The van der Waals surface area contributed by atoms with Crippen LogP contribution in [0.1, 0.15) is 25.0 Å². The fourth-order valence-corrected chi connectivity index (χ4v) is 1.22. The lowest BCUT2D eigenvalue weighted by Crippen LogP contribution is -2.04. The van der Waals surface area contributed by atoms with E-state index in [0.29, 0.717) is 24.3 Å². The number of rotatable bonds is 5. The third-order valence-corrected chi connectivity index (χ3v) is 1.98. The van der Waals surface area contributed by atoms with Crippen molar-refractivity contribution in [3.63, 3.8) is 0 Å². The molecular formula is C11H15FO3. The lowest BCUT2D eigenvalue weighted by atomic mass is 10.1. The molecule has 0 aliphatic carbocycles. The van der Waals surface area contributed by atoms with Crippen molar-refractivity contribution < 1.29 is 19.3 Å². The summed E-state index contributed by atoms with van der Waals surface area (Å²) in [7, 11) is 0. The summed E-state index contributed by atoms with van der Waals surface area (Å²) < 4.78 is 18.2. The van der Waals surface area contributed by atoms with Gasteiger partial charge in [-0.25, -0.2) is 4.39 Å². The first-order valence-corrected chi connectivity index (χ1v) is 4.86. The van der Waals surface area contributed by atoms with E-state index in [0.717, 1.165) is 0 Å². The summed E-state index contributed by atoms with van der Waals surface area (Å²) in [6.07, 6.45) is -0.263. The van der Waals surface area contributed by atoms with Gasteiger partial charge in [-0.3, -0.25) is 0 Å². The van der Waals surface area contributed by atoms with Crippen molar-refractivity contribution in [2.75, 3.05) is 13.2 Å². The summed E-state index contributed by atoms with van der Waals surface area (Å²) in [5.41, 5.74) is 0.424. The summed E-state index contributed by atoms with van der Waals surface area (Å²) >= 11 is 0. The predicted molar refractivity (Wildman–Crippen MR) is 54.2 cm³/mol. The van der Waals surface area contributed by atoms with E-state index in [1.165, 1.54) is 18.2 Å². The number of benzene rings is 1. The van der Waals surface area contributed by atoms with Gasteiger partial charge in [-0.15, -0.1) is 0 Å². The van der Waals surface area contributed by atoms with Gasteiger partial charge in [-0.1, -0.05) is 0 Å². The molecule has 1 aromatic rings. The SMILES string of the molecule is CC(O)c1cc(F)ccc1OCCCO. The first-order chi connectivity index (χ1) is 7.15. The van der Waals surface area contributed by atoms with Crippen LogP contribution in [-0.2, 0) is 0 Å². The molecule has 0 saturated heterocycles. The van der Waals surface area contributed by atoms with Crippen LogP contribution in [0.25, 0.3) is 0 Å². The van der Waals surface area contributed by atoms with Crippen molar-refractivity contribution in [1.82, 2.24) is 0 Å². The lowest BCUT2D eigenvalue weighted by molar-refractivity contribution is 0.187. The van der Waals surface area contributed by atoms with Crippen LogP contribution in [0, 0.1) is 5.82 Å². The Hall–Kier alpha value is -1.13. The van der Waals surface area contributed by atoms with E-state index in [2.05, 4.69) is 0 Å². The number of aliphatic hydroxyl groups excluding tert-OH is 2. The van der Waals surface area contributed by atoms with Crippen LogP contribution in [0.5, 0.6) is 5.75 Å². The topological polar surface area (TPSA) is 49.7 Å². The Morgan fingerprint density at radius 3 is 2.80 bits per heavy atom. The standard InChI is InChI=1S/C11H15FO3/c1-8(14)10-7-9(12)3-4-11(10)15-6-2-5-13/h3-4,7-8,13-14H,2,5-6H2,1H3. The van der Waals surface area contributed by atoms with Crippen molar-refractivity contribution in [1.29, 1.82) is 0 Å². The first-order valence-electron chi connectivity index (χ1n) is 4.86. The molecule has 2 N–H and O–H groups in total. The average molecular weight is 214 g/mol. The van der Waals surface area contributed by atoms with E-state index in [9.17, 15) is 9.50 Å². The summed E-state index contributed by atoms with van der Waals surface area (Å²) in [6, 6.07) is 4.01. The van der Waals surface area contributed by atoms with Crippen LogP contribution in [0.3, 0.4) is 0 Å². The second kappa shape index (κ2) is 5.68. The maximum absolute atomic E-state index is 12.9. The lowest BCUT2D eigenvalue weighted by Gasteiger charge is -2.13. The van der Waals surface area contributed by atoms with Gasteiger partial charge in [0.1, 0.15) is 11.6 Å². The molecule has 1 rings (SSSR count). The van der Waals surface area contributed by atoms with Crippen molar-refractivity contribution in [3.8, 4) is 5.75 Å². The maximum Gasteiger partial charge on any atom is 0.125 e. The van der Waals surface area contributed by atoms with Gasteiger partial charge in [0.25, 0.3) is 0 Å². The Balaban J connectivity index is 2.77. The summed E-state index contributed by atoms with van der Waals surface area (Å²) in [5.74, 6) is 0.0558. The molecule has 1 unspecified atom stereocenters. The van der Waals surface area contributed by atoms with E-state index >= 15 is 0 Å². The molecule has 1 atom stereocenters. The fourth-order valence-electron chi connectivity index (χ4n) is 1.22. The van der Waals surface area contributed by atoms with Gasteiger partial charge >= 0.3 is 0 Å². The highest BCUT2D eigenvalue weighted by molar-refractivity contribution is 5.35. The van der Waals surface area contributed by atoms with Gasteiger partial charge in [-0.2, -0.15) is 0 Å². The molecule has 3 nitrogen and oxygen atoms in total. The van der Waals surface area contributed by atoms with Gasteiger partial charge < -0.3 is 14.9 Å². The Kier molecular flexibility index (Phi) is 4.52. The molecule has 0 fully saturated rings. The van der Waals surface area contributed by atoms with Gasteiger partial charge in [0.05, 0.1) is 12.7 Å². The number of aliphatic hydroxyl groups is 2. The molecule has 0 aromatic heterocycles.